The van der Waals surface area contributed by atoms with E-state index in [1.54, 1.807) is 0 Å². The van der Waals surface area contributed by atoms with E-state index in [-0.39, 0.29) is 42.7 Å². The van der Waals surface area contributed by atoms with Gasteiger partial charge < -0.3 is 5.73 Å². The van der Waals surface area contributed by atoms with Gasteiger partial charge in [-0.1, -0.05) is 12.0 Å². The van der Waals surface area contributed by atoms with Crippen LogP contribution >= 0.6 is 0 Å². The summed E-state index contributed by atoms with van der Waals surface area (Å²) in [5, 5.41) is 7.41. The largest absolute Gasteiger partial charge is 0.416 e. The van der Waals surface area contributed by atoms with Crippen LogP contribution in [-0.2, 0) is 23.6 Å². The second-order valence-corrected chi connectivity index (χ2v) is 8.23. The number of rotatable bonds is 2. The molecule has 0 spiro atoms. The maximum Gasteiger partial charge on any atom is 0.416 e. The molecule has 5 nitrogen and oxygen atoms in total. The number of carbonyl (C=O) groups excluding carboxylic acids is 1. The Morgan fingerprint density at radius 3 is 2.38 bits per heavy atom. The minimum absolute atomic E-state index is 0.00420. The van der Waals surface area contributed by atoms with E-state index in [4.69, 9.17) is 5.73 Å². The van der Waals surface area contributed by atoms with Gasteiger partial charge in [-0.2, -0.15) is 26.3 Å². The van der Waals surface area contributed by atoms with Crippen molar-refractivity contribution in [1.29, 1.82) is 0 Å². The minimum Gasteiger partial charge on any atom is -0.382 e. The van der Waals surface area contributed by atoms with Gasteiger partial charge in [-0.25, -0.2) is 4.39 Å². The zero-order chi connectivity index (χ0) is 27.0. The summed E-state index contributed by atoms with van der Waals surface area (Å²) in [5.41, 5.74) is 2.65. The first kappa shape index (κ1) is 25.9. The van der Waals surface area contributed by atoms with Crippen molar-refractivity contribution in [2.24, 2.45) is 0 Å². The number of aromatic nitrogens is 2. The predicted octanol–water partition coefficient (Wildman–Crippen LogP) is 5.35. The molecule has 1 atom stereocenters. The Hall–Kier alpha value is -4.14. The van der Waals surface area contributed by atoms with Crippen molar-refractivity contribution in [2.45, 2.75) is 31.1 Å². The molecule has 2 N–H and O–H groups in total. The van der Waals surface area contributed by atoms with Crippen molar-refractivity contribution in [3.05, 3.63) is 82.3 Å². The van der Waals surface area contributed by atoms with E-state index in [1.165, 1.54) is 18.2 Å². The Labute approximate surface area is 206 Å². The Morgan fingerprint density at radius 1 is 0.973 bits per heavy atom. The third-order valence-electron chi connectivity index (χ3n) is 5.80. The summed E-state index contributed by atoms with van der Waals surface area (Å²) in [7, 11) is 0. The van der Waals surface area contributed by atoms with Crippen LogP contribution in [0.1, 0.15) is 40.3 Å². The lowest BCUT2D eigenvalue weighted by atomic mass is 9.88. The maximum absolute atomic E-state index is 13.9. The fraction of sp³-hybridized carbons (Fsp3) is 0.240. The molecule has 1 aliphatic heterocycles. The highest BCUT2D eigenvalue weighted by Crippen LogP contribution is 2.42. The van der Waals surface area contributed by atoms with E-state index in [0.717, 1.165) is 17.0 Å². The highest BCUT2D eigenvalue weighted by Gasteiger charge is 2.42. The van der Waals surface area contributed by atoms with Crippen LogP contribution in [0.3, 0.4) is 0 Å². The van der Waals surface area contributed by atoms with Gasteiger partial charge in [0.15, 0.2) is 0 Å². The highest BCUT2D eigenvalue weighted by atomic mass is 19.4. The zero-order valence-corrected chi connectivity index (χ0v) is 18.8. The maximum atomic E-state index is 13.9. The minimum atomic E-state index is -5.15. The van der Waals surface area contributed by atoms with Crippen LogP contribution in [0, 0.1) is 17.7 Å². The van der Waals surface area contributed by atoms with E-state index in [0.29, 0.717) is 17.7 Å². The third-order valence-corrected chi connectivity index (χ3v) is 5.80. The molecular formula is C25H17F7N4O. The molecule has 1 unspecified atom stereocenters. The summed E-state index contributed by atoms with van der Waals surface area (Å²) in [5.74, 6) is 2.64. The van der Waals surface area contributed by atoms with Gasteiger partial charge in [-0.3, -0.25) is 9.69 Å². The Balaban J connectivity index is 1.77. The average Bonchev–Trinajstić information content (AvgIpc) is 2.95. The predicted molar refractivity (Wildman–Crippen MR) is 120 cm³/mol. The van der Waals surface area contributed by atoms with Crippen LogP contribution in [0.15, 0.2) is 48.5 Å². The van der Waals surface area contributed by atoms with Crippen molar-refractivity contribution in [3.8, 4) is 11.8 Å². The van der Waals surface area contributed by atoms with Gasteiger partial charge in [-0.15, -0.1) is 10.2 Å². The summed E-state index contributed by atoms with van der Waals surface area (Å²) in [6.45, 7) is -0.304. The number of amides is 1. The summed E-state index contributed by atoms with van der Waals surface area (Å²) in [6, 6.07) is 7.69. The lowest BCUT2D eigenvalue weighted by molar-refractivity contribution is -0.143. The van der Waals surface area contributed by atoms with Gasteiger partial charge in [-0.05, 0) is 72.4 Å². The van der Waals surface area contributed by atoms with E-state index < -0.39 is 46.7 Å². The number of hydrogen-bond acceptors (Lipinski definition) is 4. The van der Waals surface area contributed by atoms with Crippen LogP contribution in [0.2, 0.25) is 0 Å². The summed E-state index contributed by atoms with van der Waals surface area (Å²) in [6.07, 6.45) is -10.3. The lowest BCUT2D eigenvalue weighted by Gasteiger charge is -2.26. The van der Waals surface area contributed by atoms with Crippen LogP contribution in [0.25, 0.3) is 0 Å². The molecule has 0 bridgehead atoms. The van der Waals surface area contributed by atoms with Gasteiger partial charge in [0.05, 0.1) is 23.6 Å². The normalized spacial score (nSPS) is 16.0. The summed E-state index contributed by atoms with van der Waals surface area (Å²) in [4.78, 5) is 14.7. The number of fused-ring (bicyclic) bond motifs is 1. The molecule has 1 amide bonds. The van der Waals surface area contributed by atoms with Gasteiger partial charge >= 0.3 is 12.4 Å². The van der Waals surface area contributed by atoms with E-state index >= 15 is 0 Å². The van der Waals surface area contributed by atoms with Crippen LogP contribution in [0.5, 0.6) is 0 Å². The summed E-state index contributed by atoms with van der Waals surface area (Å²) < 4.78 is 94.9. The number of alkyl halides is 6. The quantitative estimate of drug-likeness (QED) is 0.364. The molecule has 0 aliphatic carbocycles. The van der Waals surface area contributed by atoms with Gasteiger partial charge in [0.25, 0.3) is 0 Å². The third kappa shape index (κ3) is 5.66. The lowest BCUT2D eigenvalue weighted by Crippen LogP contribution is -2.35. The average molecular weight is 522 g/mol. The number of benzene rings is 2. The van der Waals surface area contributed by atoms with Gasteiger partial charge in [0, 0.05) is 5.69 Å². The molecule has 2 heterocycles. The molecule has 12 heteroatoms. The standard InChI is InChI=1S/C25H17F7N4O/c26-16-5-9-21-14(12-16)3-7-19(18-8-4-15(24(27,28)29)13-20(18)25(30,31)32)23(37)36(21)11-1-2-17-6-10-22(33)35-34-17/h4-6,8-10,12-13,19H,3,7,11H2,(H2,33,35). The van der Waals surface area contributed by atoms with E-state index in [2.05, 4.69) is 22.0 Å². The number of nitrogen functional groups attached to an aromatic ring is 1. The molecule has 192 valence electrons. The number of hydrogen-bond donors (Lipinski definition) is 1. The molecule has 1 aromatic heterocycles. The molecule has 2 aromatic carbocycles. The fourth-order valence-corrected chi connectivity index (χ4v) is 4.10. The zero-order valence-electron chi connectivity index (χ0n) is 18.8. The SMILES string of the molecule is Nc1ccc(C#CCN2C(=O)C(c3ccc(C(F)(F)F)cc3C(F)(F)F)CCc3cc(F)ccc32)nn1. The monoisotopic (exact) mass is 522 g/mol. The van der Waals surface area contributed by atoms with Crippen molar-refractivity contribution >= 4 is 17.4 Å². The van der Waals surface area contributed by atoms with Gasteiger partial charge in [0.2, 0.25) is 5.91 Å². The van der Waals surface area contributed by atoms with Crippen molar-refractivity contribution in [2.75, 3.05) is 17.2 Å². The molecular weight excluding hydrogens is 505 g/mol. The number of anilines is 2. The Kier molecular flexibility index (Phi) is 6.82. The number of aryl methyl sites for hydroxylation is 1. The molecule has 0 radical (unpaired) electrons. The highest BCUT2D eigenvalue weighted by molar-refractivity contribution is 6.00. The van der Waals surface area contributed by atoms with Crippen molar-refractivity contribution in [1.82, 2.24) is 10.2 Å². The summed E-state index contributed by atoms with van der Waals surface area (Å²) >= 11 is 0. The molecule has 1 aliphatic rings. The van der Waals surface area contributed by atoms with Crippen LogP contribution in [0.4, 0.5) is 42.2 Å². The topological polar surface area (TPSA) is 72.1 Å². The molecule has 0 saturated heterocycles. The Bertz CT molecular complexity index is 1390. The second-order valence-electron chi connectivity index (χ2n) is 8.23. The van der Waals surface area contributed by atoms with Crippen molar-refractivity contribution < 1.29 is 35.5 Å². The van der Waals surface area contributed by atoms with Crippen LogP contribution < -0.4 is 10.6 Å². The number of carbonyl (C=O) groups is 1. The van der Waals surface area contributed by atoms with Gasteiger partial charge in [0.1, 0.15) is 17.3 Å². The molecule has 0 fully saturated rings. The number of nitrogens with zero attached hydrogens (tertiary/aromatic N) is 3. The number of nitrogens with two attached hydrogens (primary N) is 1. The fourth-order valence-electron chi connectivity index (χ4n) is 4.10. The first-order valence-corrected chi connectivity index (χ1v) is 10.8. The molecule has 3 aromatic rings. The number of halogens is 7. The first-order valence-electron chi connectivity index (χ1n) is 10.8. The molecule has 4 rings (SSSR count). The second kappa shape index (κ2) is 9.72. The van der Waals surface area contributed by atoms with E-state index in [9.17, 15) is 35.5 Å². The molecule has 37 heavy (non-hydrogen) atoms. The molecule has 0 saturated carbocycles. The van der Waals surface area contributed by atoms with Crippen LogP contribution in [-0.4, -0.2) is 22.6 Å². The Morgan fingerprint density at radius 2 is 1.73 bits per heavy atom. The first-order chi connectivity index (χ1) is 17.3. The smallest absolute Gasteiger partial charge is 0.382 e. The van der Waals surface area contributed by atoms with Crippen molar-refractivity contribution in [3.63, 3.8) is 0 Å². The van der Waals surface area contributed by atoms with E-state index in [1.807, 2.05) is 0 Å².